The van der Waals surface area contributed by atoms with Gasteiger partial charge in [-0.2, -0.15) is 0 Å². The highest BCUT2D eigenvalue weighted by Crippen LogP contribution is 2.08. The van der Waals surface area contributed by atoms with Crippen LogP contribution in [0.4, 0.5) is 5.82 Å². The van der Waals surface area contributed by atoms with Crippen molar-refractivity contribution in [2.24, 2.45) is 0 Å². The van der Waals surface area contributed by atoms with Crippen molar-refractivity contribution >= 4 is 23.6 Å². The molecule has 1 heterocycles. The molecule has 0 fully saturated rings. The molecule has 0 spiro atoms. The first-order valence-corrected chi connectivity index (χ1v) is 5.04. The van der Waals surface area contributed by atoms with Crippen LogP contribution in [0.25, 0.3) is 0 Å². The van der Waals surface area contributed by atoms with Crippen LogP contribution in [0.1, 0.15) is 24.3 Å². The van der Waals surface area contributed by atoms with E-state index in [0.29, 0.717) is 0 Å². The van der Waals surface area contributed by atoms with Crippen LogP contribution in [0.3, 0.4) is 0 Å². The van der Waals surface area contributed by atoms with Crippen LogP contribution in [0, 0.1) is 0 Å². The number of nitrogens with one attached hydrogen (secondary N) is 2. The molecule has 1 rings (SSSR count). The number of carbonyl (C=O) groups excluding carboxylic acids is 2. The minimum atomic E-state index is -1.30. The average molecular weight is 252 g/mol. The van der Waals surface area contributed by atoms with Crippen LogP contribution >= 0.6 is 0 Å². The Hall–Kier alpha value is -2.51. The van der Waals surface area contributed by atoms with Gasteiger partial charge in [0.2, 0.25) is 11.8 Å². The molecule has 0 saturated heterocycles. The van der Waals surface area contributed by atoms with Crippen molar-refractivity contribution in [3.05, 3.63) is 18.1 Å². The summed E-state index contributed by atoms with van der Waals surface area (Å²) in [5.74, 6) is -2.40. The van der Waals surface area contributed by atoms with Gasteiger partial charge in [-0.1, -0.05) is 0 Å². The van der Waals surface area contributed by atoms with Gasteiger partial charge in [0.25, 0.3) is 0 Å². The summed E-state index contributed by atoms with van der Waals surface area (Å²) in [6, 6.07) is -0.800. The number of hydrogen-bond donors (Lipinski definition) is 3. The first kappa shape index (κ1) is 13.6. The zero-order chi connectivity index (χ0) is 13.7. The van der Waals surface area contributed by atoms with Gasteiger partial charge in [0.15, 0.2) is 11.5 Å². The number of anilines is 1. The first-order valence-electron chi connectivity index (χ1n) is 5.04. The van der Waals surface area contributed by atoms with E-state index in [1.807, 2.05) is 0 Å². The molecule has 3 N–H and O–H groups in total. The van der Waals surface area contributed by atoms with E-state index in [1.165, 1.54) is 26.2 Å². The predicted molar refractivity (Wildman–Crippen MR) is 60.9 cm³/mol. The van der Waals surface area contributed by atoms with Crippen LogP contribution in [-0.2, 0) is 9.59 Å². The maximum Gasteiger partial charge on any atom is 0.358 e. The van der Waals surface area contributed by atoms with Gasteiger partial charge in [0.1, 0.15) is 6.04 Å². The van der Waals surface area contributed by atoms with Crippen molar-refractivity contribution in [2.75, 3.05) is 5.32 Å². The third-order valence-corrected chi connectivity index (χ3v) is 1.96. The van der Waals surface area contributed by atoms with Crippen molar-refractivity contribution in [3.8, 4) is 0 Å². The van der Waals surface area contributed by atoms with Gasteiger partial charge >= 0.3 is 5.97 Å². The summed E-state index contributed by atoms with van der Waals surface area (Å²) in [4.78, 5) is 40.5. The number of carboxylic acids is 1. The highest BCUT2D eigenvalue weighted by atomic mass is 16.4. The van der Waals surface area contributed by atoms with E-state index in [4.69, 9.17) is 5.11 Å². The molecular formula is C10H12N4O4. The van der Waals surface area contributed by atoms with E-state index in [2.05, 4.69) is 20.6 Å². The number of nitrogens with zero attached hydrogens (tertiary/aromatic N) is 2. The number of aromatic carboxylic acids is 1. The Morgan fingerprint density at radius 3 is 2.44 bits per heavy atom. The van der Waals surface area contributed by atoms with Crippen LogP contribution in [0.5, 0.6) is 0 Å². The zero-order valence-electron chi connectivity index (χ0n) is 9.80. The monoisotopic (exact) mass is 252 g/mol. The summed E-state index contributed by atoms with van der Waals surface area (Å²) in [7, 11) is 0. The van der Waals surface area contributed by atoms with E-state index < -0.39 is 17.9 Å². The van der Waals surface area contributed by atoms with E-state index in [0.717, 1.165) is 0 Å². The minimum absolute atomic E-state index is 0.160. The van der Waals surface area contributed by atoms with Gasteiger partial charge in [-0.15, -0.1) is 0 Å². The number of aromatic nitrogens is 2. The molecule has 0 aliphatic heterocycles. The summed E-state index contributed by atoms with van der Waals surface area (Å²) in [6.45, 7) is 2.74. The lowest BCUT2D eigenvalue weighted by molar-refractivity contribution is -0.124. The number of hydrogen-bond acceptors (Lipinski definition) is 5. The molecule has 1 atom stereocenters. The molecule has 0 aromatic carbocycles. The molecule has 0 radical (unpaired) electrons. The summed E-state index contributed by atoms with van der Waals surface area (Å²) < 4.78 is 0. The fourth-order valence-corrected chi connectivity index (χ4v) is 1.18. The quantitative estimate of drug-likeness (QED) is 0.672. The van der Waals surface area contributed by atoms with Crippen molar-refractivity contribution in [1.82, 2.24) is 15.3 Å². The molecule has 96 valence electrons. The molecule has 8 heteroatoms. The molecular weight excluding hydrogens is 240 g/mol. The maximum atomic E-state index is 11.6. The average Bonchev–Trinajstić information content (AvgIpc) is 2.28. The van der Waals surface area contributed by atoms with Gasteiger partial charge in [-0.05, 0) is 6.92 Å². The Labute approximate surface area is 102 Å². The van der Waals surface area contributed by atoms with Gasteiger partial charge in [-0.3, -0.25) is 9.59 Å². The van der Waals surface area contributed by atoms with E-state index >= 15 is 0 Å². The molecule has 18 heavy (non-hydrogen) atoms. The molecule has 1 aromatic heterocycles. The first-order chi connectivity index (χ1) is 8.41. The maximum absolute atomic E-state index is 11.6. The van der Waals surface area contributed by atoms with Gasteiger partial charge in [0.05, 0.1) is 0 Å². The van der Waals surface area contributed by atoms with Gasteiger partial charge < -0.3 is 15.7 Å². The van der Waals surface area contributed by atoms with E-state index in [-0.39, 0.29) is 17.4 Å². The Balaban J connectivity index is 2.82. The zero-order valence-corrected chi connectivity index (χ0v) is 9.80. The predicted octanol–water partition coefficient (Wildman–Crippen LogP) is -0.362. The second kappa shape index (κ2) is 5.71. The molecule has 2 amide bonds. The van der Waals surface area contributed by atoms with Crippen molar-refractivity contribution < 1.29 is 19.5 Å². The normalized spacial score (nSPS) is 11.4. The standard InChI is InChI=1S/C10H12N4O4/c1-5(13-6(2)15)9(16)14-8-7(10(17)18)11-3-4-12-8/h3-5H,1-2H3,(H,13,15)(H,17,18)(H,12,14,16). The number of carboxylic acid groups (broad SMARTS) is 1. The Morgan fingerprint density at radius 1 is 1.28 bits per heavy atom. The molecule has 0 bridgehead atoms. The van der Waals surface area contributed by atoms with E-state index in [9.17, 15) is 14.4 Å². The smallest absolute Gasteiger partial charge is 0.358 e. The van der Waals surface area contributed by atoms with Crippen LogP contribution < -0.4 is 10.6 Å². The van der Waals surface area contributed by atoms with Crippen molar-refractivity contribution in [2.45, 2.75) is 19.9 Å². The summed E-state index contributed by atoms with van der Waals surface area (Å²) in [6.07, 6.45) is 2.46. The summed E-state index contributed by atoms with van der Waals surface area (Å²) >= 11 is 0. The van der Waals surface area contributed by atoms with Crippen molar-refractivity contribution in [1.29, 1.82) is 0 Å². The lowest BCUT2D eigenvalue weighted by atomic mass is 10.3. The van der Waals surface area contributed by atoms with Gasteiger partial charge in [-0.25, -0.2) is 14.8 Å². The van der Waals surface area contributed by atoms with Crippen LogP contribution in [0.2, 0.25) is 0 Å². The third kappa shape index (κ3) is 3.51. The highest BCUT2D eigenvalue weighted by molar-refractivity contribution is 6.00. The second-order valence-corrected chi connectivity index (χ2v) is 3.47. The fourth-order valence-electron chi connectivity index (χ4n) is 1.18. The Kier molecular flexibility index (Phi) is 4.30. The lowest BCUT2D eigenvalue weighted by Crippen LogP contribution is -2.40. The molecule has 0 aliphatic rings. The largest absolute Gasteiger partial charge is 0.476 e. The lowest BCUT2D eigenvalue weighted by Gasteiger charge is -2.12. The van der Waals surface area contributed by atoms with Gasteiger partial charge in [0, 0.05) is 19.3 Å². The van der Waals surface area contributed by atoms with Crippen molar-refractivity contribution in [3.63, 3.8) is 0 Å². The summed E-state index contributed by atoms with van der Waals surface area (Å²) in [5.41, 5.74) is -0.360. The SMILES string of the molecule is CC(=O)NC(C)C(=O)Nc1nccnc1C(=O)O. The van der Waals surface area contributed by atoms with E-state index in [1.54, 1.807) is 0 Å². The number of rotatable bonds is 4. The molecule has 1 aromatic rings. The molecule has 8 nitrogen and oxygen atoms in total. The fraction of sp³-hybridized carbons (Fsp3) is 0.300. The number of carbonyl (C=O) groups is 3. The Bertz CT molecular complexity index is 489. The highest BCUT2D eigenvalue weighted by Gasteiger charge is 2.19. The third-order valence-electron chi connectivity index (χ3n) is 1.96. The molecule has 1 unspecified atom stereocenters. The van der Waals surface area contributed by atoms with Crippen LogP contribution in [0.15, 0.2) is 12.4 Å². The van der Waals surface area contributed by atoms with Crippen LogP contribution in [-0.4, -0.2) is 38.9 Å². The number of amides is 2. The second-order valence-electron chi connectivity index (χ2n) is 3.47. The minimum Gasteiger partial charge on any atom is -0.476 e. The summed E-state index contributed by atoms with van der Waals surface area (Å²) in [5, 5.41) is 13.5. The Morgan fingerprint density at radius 2 is 1.89 bits per heavy atom. The topological polar surface area (TPSA) is 121 Å². The molecule has 0 aliphatic carbocycles. The molecule has 0 saturated carbocycles.